The molecule has 41 heavy (non-hydrogen) atoms. The Balaban J connectivity index is 0.000000220. The van der Waals surface area contributed by atoms with Crippen molar-refractivity contribution < 1.29 is 20.1 Å². The molecule has 0 saturated heterocycles. The number of benzene rings is 3. The molecule has 0 bridgehead atoms. The van der Waals surface area contributed by atoms with Gasteiger partial charge in [0, 0.05) is 32.5 Å². The third kappa shape index (κ3) is 9.16. The maximum Gasteiger partial charge on any atom is 0.0798 e. The predicted octanol–water partition coefficient (Wildman–Crippen LogP) is 8.99. The molecule has 5 aromatic rings. The van der Waals surface area contributed by atoms with Crippen molar-refractivity contribution in [2.24, 2.45) is 5.92 Å². The molecule has 0 aliphatic heterocycles. The van der Waals surface area contributed by atoms with E-state index < -0.39 is 8.07 Å². The monoisotopic (exact) mass is 733 g/mol. The first-order chi connectivity index (χ1) is 19.2. The molecular weight excluding hydrogens is 693 g/mol. The van der Waals surface area contributed by atoms with E-state index in [1.54, 1.807) is 0 Å². The molecule has 3 aromatic carbocycles. The van der Waals surface area contributed by atoms with Crippen LogP contribution < -0.4 is 5.19 Å². The summed E-state index contributed by atoms with van der Waals surface area (Å²) in [6.07, 6.45) is 5.05. The van der Waals surface area contributed by atoms with E-state index in [2.05, 4.69) is 117 Å². The van der Waals surface area contributed by atoms with Crippen LogP contribution in [0, 0.1) is 18.1 Å². The zero-order valence-electron chi connectivity index (χ0n) is 25.0. The van der Waals surface area contributed by atoms with Gasteiger partial charge in [0.15, 0.2) is 0 Å². The molecule has 0 aliphatic rings. The topological polar surface area (TPSA) is 25.8 Å². The third-order valence-corrected chi connectivity index (χ3v) is 9.04. The van der Waals surface area contributed by atoms with Crippen molar-refractivity contribution >= 4 is 13.3 Å². The Morgan fingerprint density at radius 2 is 1.39 bits per heavy atom. The molecule has 0 amide bonds. The molecular formula is C37H40IrN2Si-2. The Kier molecular flexibility index (Phi) is 12.0. The van der Waals surface area contributed by atoms with Gasteiger partial charge in [-0.1, -0.05) is 94.5 Å². The molecule has 5 rings (SSSR count). The zero-order valence-corrected chi connectivity index (χ0v) is 28.4. The van der Waals surface area contributed by atoms with E-state index in [0.29, 0.717) is 11.8 Å². The number of aromatic nitrogens is 2. The Hall–Kier alpha value is -3.17. The third-order valence-electron chi connectivity index (χ3n) is 6.98. The molecule has 2 heterocycles. The molecule has 1 atom stereocenters. The van der Waals surface area contributed by atoms with Crippen LogP contribution in [0.5, 0.6) is 0 Å². The van der Waals surface area contributed by atoms with E-state index in [1.807, 2.05) is 54.7 Å². The maximum absolute atomic E-state index is 4.69. The summed E-state index contributed by atoms with van der Waals surface area (Å²) in [5.41, 5.74) is 8.23. The van der Waals surface area contributed by atoms with Crippen LogP contribution in [0.4, 0.5) is 0 Å². The van der Waals surface area contributed by atoms with Crippen molar-refractivity contribution in [3.05, 3.63) is 138 Å². The van der Waals surface area contributed by atoms with Crippen LogP contribution in [0.1, 0.15) is 43.4 Å². The van der Waals surface area contributed by atoms with Gasteiger partial charge in [-0.25, -0.2) is 0 Å². The van der Waals surface area contributed by atoms with Gasteiger partial charge in [-0.3, -0.25) is 0 Å². The fraction of sp³-hybridized carbons (Fsp3) is 0.243. The quantitative estimate of drug-likeness (QED) is 0.123. The molecule has 4 heteroatoms. The van der Waals surface area contributed by atoms with E-state index in [9.17, 15) is 0 Å². The average molecular weight is 733 g/mol. The number of hydrogen-bond donors (Lipinski definition) is 0. The zero-order chi connectivity index (χ0) is 28.5. The van der Waals surface area contributed by atoms with E-state index in [1.165, 1.54) is 21.9 Å². The van der Waals surface area contributed by atoms with E-state index in [4.69, 9.17) is 0 Å². The van der Waals surface area contributed by atoms with Crippen molar-refractivity contribution in [1.82, 2.24) is 9.97 Å². The SMILES string of the molecule is CC(C)Cc1cc(-c2[c-]cccc2)ncc1[Si](C)(C)C.CC(c1ccccc1)c1cc[c-]c(-c2ccccn2)c1.[Ir]. The molecule has 2 nitrogen and oxygen atoms in total. The van der Waals surface area contributed by atoms with Gasteiger partial charge in [0.1, 0.15) is 0 Å². The summed E-state index contributed by atoms with van der Waals surface area (Å²) in [4.78, 5) is 9.08. The van der Waals surface area contributed by atoms with Gasteiger partial charge in [0.25, 0.3) is 0 Å². The standard InChI is InChI=1S/C19H16N.C18H24NSi.Ir/c1-15(16-8-3-2-4-9-16)17-10-7-11-18(14-17)19-12-5-6-13-20-19;1-14(2)11-16-12-17(15-9-7-6-8-10-15)19-13-18(16)20(3,4)5;/h2-10,12-15H,1H3;6-9,12-14H,11H2,1-5H3;/q2*-1;. The summed E-state index contributed by atoms with van der Waals surface area (Å²) >= 11 is 0. The van der Waals surface area contributed by atoms with Gasteiger partial charge >= 0.3 is 0 Å². The molecule has 0 N–H and O–H groups in total. The van der Waals surface area contributed by atoms with Crippen molar-refractivity contribution in [3.8, 4) is 22.5 Å². The molecule has 0 fully saturated rings. The summed E-state index contributed by atoms with van der Waals surface area (Å²) in [5, 5.41) is 1.49. The van der Waals surface area contributed by atoms with Gasteiger partial charge in [-0.2, -0.15) is 0 Å². The number of nitrogens with zero attached hydrogens (tertiary/aromatic N) is 2. The summed E-state index contributed by atoms with van der Waals surface area (Å²) in [6.45, 7) is 14.0. The second kappa shape index (κ2) is 15.2. The van der Waals surface area contributed by atoms with E-state index in [-0.39, 0.29) is 20.1 Å². The minimum absolute atomic E-state index is 0. The van der Waals surface area contributed by atoms with Crippen molar-refractivity contribution in [2.75, 3.05) is 0 Å². The Morgan fingerprint density at radius 3 is 2.02 bits per heavy atom. The van der Waals surface area contributed by atoms with E-state index in [0.717, 1.165) is 28.9 Å². The van der Waals surface area contributed by atoms with Crippen LogP contribution in [0.25, 0.3) is 22.5 Å². The Bertz CT molecular complexity index is 1480. The normalized spacial score (nSPS) is 11.7. The summed E-state index contributed by atoms with van der Waals surface area (Å²) < 4.78 is 0. The van der Waals surface area contributed by atoms with Crippen molar-refractivity contribution in [1.29, 1.82) is 0 Å². The molecule has 0 spiro atoms. The second-order valence-electron chi connectivity index (χ2n) is 11.7. The van der Waals surface area contributed by atoms with Crippen LogP contribution in [-0.2, 0) is 26.5 Å². The Labute approximate surface area is 261 Å². The van der Waals surface area contributed by atoms with Crippen molar-refractivity contribution in [2.45, 2.75) is 52.8 Å². The minimum Gasteiger partial charge on any atom is -0.305 e. The number of hydrogen-bond acceptors (Lipinski definition) is 2. The molecule has 0 saturated carbocycles. The fourth-order valence-corrected chi connectivity index (χ4v) is 6.43. The fourth-order valence-electron chi connectivity index (χ4n) is 4.84. The van der Waals surface area contributed by atoms with Gasteiger partial charge in [0.2, 0.25) is 0 Å². The molecule has 1 unspecified atom stereocenters. The van der Waals surface area contributed by atoms with Gasteiger partial charge < -0.3 is 9.97 Å². The van der Waals surface area contributed by atoms with Gasteiger partial charge in [-0.15, -0.1) is 71.3 Å². The first kappa shape index (κ1) is 32.3. The molecule has 0 aliphatic carbocycles. The number of rotatable bonds is 7. The summed E-state index contributed by atoms with van der Waals surface area (Å²) in [7, 11) is -1.34. The van der Waals surface area contributed by atoms with Crippen LogP contribution >= 0.6 is 0 Å². The van der Waals surface area contributed by atoms with Crippen LogP contribution in [0.3, 0.4) is 0 Å². The Morgan fingerprint density at radius 1 is 0.683 bits per heavy atom. The van der Waals surface area contributed by atoms with E-state index >= 15 is 0 Å². The van der Waals surface area contributed by atoms with Crippen LogP contribution in [0.2, 0.25) is 19.6 Å². The largest absolute Gasteiger partial charge is 0.305 e. The van der Waals surface area contributed by atoms with Crippen molar-refractivity contribution in [3.63, 3.8) is 0 Å². The van der Waals surface area contributed by atoms with Gasteiger partial charge in [0.05, 0.1) is 8.07 Å². The maximum atomic E-state index is 4.69. The molecule has 213 valence electrons. The van der Waals surface area contributed by atoms with Gasteiger partial charge in [-0.05, 0) is 46.5 Å². The minimum atomic E-state index is -1.34. The smallest absolute Gasteiger partial charge is 0.0798 e. The predicted molar refractivity (Wildman–Crippen MR) is 172 cm³/mol. The molecule has 1 radical (unpaired) electrons. The first-order valence-electron chi connectivity index (χ1n) is 14.2. The van der Waals surface area contributed by atoms with Crippen LogP contribution in [-0.4, -0.2) is 18.0 Å². The average Bonchev–Trinajstić information content (AvgIpc) is 2.97. The second-order valence-corrected chi connectivity index (χ2v) is 16.8. The summed E-state index contributed by atoms with van der Waals surface area (Å²) in [6, 6.07) is 39.7. The number of pyridine rings is 2. The van der Waals surface area contributed by atoms with Crippen LogP contribution in [0.15, 0.2) is 109 Å². The summed E-state index contributed by atoms with van der Waals surface area (Å²) in [5.74, 6) is 1.04. The molecule has 2 aromatic heterocycles. The first-order valence-corrected chi connectivity index (χ1v) is 17.7.